The lowest BCUT2D eigenvalue weighted by Crippen LogP contribution is -2.72. The van der Waals surface area contributed by atoms with Crippen LogP contribution in [0.1, 0.15) is 11.6 Å². The van der Waals surface area contributed by atoms with E-state index in [4.69, 9.17) is 27.8 Å². The van der Waals surface area contributed by atoms with Crippen LogP contribution in [0.3, 0.4) is 0 Å². The number of likely N-dealkylation sites (tertiary alicyclic amines) is 1. The van der Waals surface area contributed by atoms with E-state index >= 15 is 0 Å². The number of carbonyl (C=O) groups is 3. The molecule has 5 N–H and O–H groups in total. The molecule has 1 heterocycles. The molecule has 1 aliphatic heterocycles. The lowest BCUT2D eigenvalue weighted by Gasteiger charge is -2.46. The van der Waals surface area contributed by atoms with Gasteiger partial charge in [0.1, 0.15) is 12.1 Å². The van der Waals surface area contributed by atoms with Gasteiger partial charge in [0.25, 0.3) is 0 Å². The number of nitrogens with zero attached hydrogens (tertiary/aromatic N) is 1. The van der Waals surface area contributed by atoms with Gasteiger partial charge < -0.3 is 30.9 Å². The summed E-state index contributed by atoms with van der Waals surface area (Å²) in [5, 5.41) is 20.5. The number of ether oxygens (including phenoxy) is 1. The van der Waals surface area contributed by atoms with Crippen LogP contribution in [0.2, 0.25) is 0 Å². The molecule has 1 aliphatic rings. The number of phenols is 1. The van der Waals surface area contributed by atoms with Crippen molar-refractivity contribution in [3.05, 3.63) is 29.6 Å². The van der Waals surface area contributed by atoms with Gasteiger partial charge in [-0.2, -0.15) is 0 Å². The number of hydrogen-bond donors (Lipinski definition) is 4. The van der Waals surface area contributed by atoms with E-state index in [0.717, 1.165) is 12.1 Å². The van der Waals surface area contributed by atoms with Gasteiger partial charge in [-0.25, -0.2) is 9.18 Å². The molecule has 0 bridgehead atoms. The van der Waals surface area contributed by atoms with Crippen LogP contribution in [0.25, 0.3) is 0 Å². The Labute approximate surface area is 172 Å². The number of hydrogen-bond acceptors (Lipinski definition) is 7. The van der Waals surface area contributed by atoms with E-state index in [1.165, 1.54) is 11.0 Å². The number of aliphatic carboxylic acids is 1. The lowest BCUT2D eigenvalue weighted by atomic mass is 9.95. The summed E-state index contributed by atoms with van der Waals surface area (Å²) in [5.41, 5.74) is 5.94. The maximum atomic E-state index is 13.4. The molecule has 2 amide bonds. The standard InChI is InChI=1S/C16H17BrFN3O6S/c17-4-9-14(16(26)21(9)5-12(28)27-6-11(23)24)20-15(25)13(19)7-1-2-10(22)8(18)3-7/h1-3,9,13-14,22H,4-6,19H2,(H,20,25)(H,23,24)/t9-,13?,14+/m0/s1. The number of amides is 2. The van der Waals surface area contributed by atoms with Crippen molar-refractivity contribution in [1.29, 1.82) is 0 Å². The van der Waals surface area contributed by atoms with Crippen molar-refractivity contribution < 1.29 is 33.7 Å². The molecule has 1 aromatic carbocycles. The highest BCUT2D eigenvalue weighted by atomic mass is 79.9. The molecular weight excluding hydrogens is 461 g/mol. The number of carboxylic acids is 1. The zero-order valence-electron chi connectivity index (χ0n) is 14.3. The topological polar surface area (TPSA) is 142 Å². The van der Waals surface area contributed by atoms with Crippen molar-refractivity contribution in [2.75, 3.05) is 18.5 Å². The number of benzene rings is 1. The van der Waals surface area contributed by atoms with Gasteiger partial charge in [0, 0.05) is 5.33 Å². The predicted octanol–water partition coefficient (Wildman–Crippen LogP) is 0.0502. The first-order valence-corrected chi connectivity index (χ1v) is 9.47. The monoisotopic (exact) mass is 477 g/mol. The molecule has 0 radical (unpaired) electrons. The van der Waals surface area contributed by atoms with Crippen molar-refractivity contribution >= 4 is 51.0 Å². The third-order valence-corrected chi connectivity index (χ3v) is 4.97. The molecule has 0 spiro atoms. The van der Waals surface area contributed by atoms with E-state index in [0.29, 0.717) is 5.33 Å². The predicted molar refractivity (Wildman–Crippen MR) is 102 cm³/mol. The first kappa shape index (κ1) is 22.0. The number of alkyl halides is 1. The lowest BCUT2D eigenvalue weighted by molar-refractivity contribution is -0.151. The molecular formula is C16H17BrFN3O6S. The summed E-state index contributed by atoms with van der Waals surface area (Å²) >= 11 is 8.14. The molecule has 2 rings (SSSR count). The maximum Gasteiger partial charge on any atom is 0.341 e. The number of rotatable bonds is 8. The highest BCUT2D eigenvalue weighted by Crippen LogP contribution is 2.24. The van der Waals surface area contributed by atoms with Crippen LogP contribution < -0.4 is 11.1 Å². The van der Waals surface area contributed by atoms with E-state index in [-0.39, 0.29) is 17.2 Å². The number of nitrogens with two attached hydrogens (primary N) is 1. The van der Waals surface area contributed by atoms with Crippen molar-refractivity contribution in [3.63, 3.8) is 0 Å². The molecule has 9 nitrogen and oxygen atoms in total. The van der Waals surface area contributed by atoms with Crippen LogP contribution >= 0.6 is 28.1 Å². The van der Waals surface area contributed by atoms with E-state index < -0.39 is 54.1 Å². The molecule has 0 saturated carbocycles. The fraction of sp³-hybridized carbons (Fsp3) is 0.375. The number of β-lactam (4-membered cyclic amide) rings is 1. The van der Waals surface area contributed by atoms with Crippen molar-refractivity contribution in [1.82, 2.24) is 10.2 Å². The van der Waals surface area contributed by atoms with Crippen LogP contribution in [0.5, 0.6) is 5.75 Å². The van der Waals surface area contributed by atoms with E-state index in [1.807, 2.05) is 0 Å². The van der Waals surface area contributed by atoms with Crippen molar-refractivity contribution in [2.45, 2.75) is 18.1 Å². The molecule has 0 aromatic heterocycles. The van der Waals surface area contributed by atoms with Crippen LogP contribution in [0.15, 0.2) is 18.2 Å². The summed E-state index contributed by atoms with van der Waals surface area (Å²) in [6.45, 7) is -0.711. The maximum absolute atomic E-state index is 13.4. The summed E-state index contributed by atoms with van der Waals surface area (Å²) in [6, 6.07) is 0.751. The Balaban J connectivity index is 1.97. The third-order valence-electron chi connectivity index (χ3n) is 4.06. The van der Waals surface area contributed by atoms with Gasteiger partial charge in [0.2, 0.25) is 11.8 Å². The number of halogens is 2. The van der Waals surface area contributed by atoms with Gasteiger partial charge in [0.15, 0.2) is 23.2 Å². The zero-order valence-corrected chi connectivity index (χ0v) is 16.7. The zero-order chi connectivity index (χ0) is 21.0. The number of phenolic OH excluding ortho intramolecular Hbond substituents is 1. The fourth-order valence-electron chi connectivity index (χ4n) is 2.57. The van der Waals surface area contributed by atoms with Gasteiger partial charge in [0.05, 0.1) is 12.6 Å². The van der Waals surface area contributed by atoms with Crippen LogP contribution in [-0.4, -0.2) is 68.5 Å². The van der Waals surface area contributed by atoms with Gasteiger partial charge in [-0.1, -0.05) is 22.0 Å². The molecule has 3 atom stereocenters. The Morgan fingerprint density at radius 3 is 2.71 bits per heavy atom. The number of carboxylic acid groups (broad SMARTS) is 1. The minimum absolute atomic E-state index is 0.0669. The number of aromatic hydroxyl groups is 1. The smallest absolute Gasteiger partial charge is 0.341 e. The summed E-state index contributed by atoms with van der Waals surface area (Å²) in [4.78, 5) is 36.5. The molecule has 12 heteroatoms. The molecule has 1 unspecified atom stereocenters. The molecule has 1 saturated heterocycles. The Bertz CT molecular complexity index is 811. The summed E-state index contributed by atoms with van der Waals surface area (Å²) in [5.74, 6) is -3.82. The van der Waals surface area contributed by atoms with Gasteiger partial charge in [-0.05, 0) is 29.9 Å². The fourth-order valence-corrected chi connectivity index (χ4v) is 3.49. The Morgan fingerprint density at radius 1 is 1.46 bits per heavy atom. The third kappa shape index (κ3) is 4.94. The summed E-state index contributed by atoms with van der Waals surface area (Å²) in [7, 11) is 0. The molecule has 1 aromatic rings. The minimum Gasteiger partial charge on any atom is -0.505 e. The Morgan fingerprint density at radius 2 is 2.14 bits per heavy atom. The molecule has 0 aliphatic carbocycles. The average Bonchev–Trinajstić information content (AvgIpc) is 2.66. The minimum atomic E-state index is -1.24. The highest BCUT2D eigenvalue weighted by Gasteiger charge is 2.48. The largest absolute Gasteiger partial charge is 0.505 e. The van der Waals surface area contributed by atoms with Crippen molar-refractivity contribution in [3.8, 4) is 5.75 Å². The molecule has 152 valence electrons. The average molecular weight is 478 g/mol. The second-order valence-corrected chi connectivity index (χ2v) is 7.02. The van der Waals surface area contributed by atoms with Gasteiger partial charge in [-0.3, -0.25) is 9.59 Å². The molecule has 28 heavy (non-hydrogen) atoms. The van der Waals surface area contributed by atoms with E-state index in [1.54, 1.807) is 0 Å². The SMILES string of the molecule is NC(C(=O)N[C@H]1C(=O)N(CC(=S)OCC(=O)O)[C@H]1CBr)c1ccc(O)c(F)c1. The highest BCUT2D eigenvalue weighted by molar-refractivity contribution is 9.09. The molecule has 1 fully saturated rings. The van der Waals surface area contributed by atoms with Gasteiger partial charge in [-0.15, -0.1) is 0 Å². The normalized spacial score (nSPS) is 19.5. The second kappa shape index (κ2) is 9.26. The second-order valence-electron chi connectivity index (χ2n) is 5.92. The Hall–Kier alpha value is -2.31. The van der Waals surface area contributed by atoms with Crippen LogP contribution in [-0.2, 0) is 19.1 Å². The summed E-state index contributed by atoms with van der Waals surface area (Å²) < 4.78 is 18.3. The number of carbonyl (C=O) groups excluding carboxylic acids is 2. The van der Waals surface area contributed by atoms with E-state index in [2.05, 4.69) is 21.2 Å². The number of thiocarbonyl (C=S) groups is 1. The van der Waals surface area contributed by atoms with Crippen LogP contribution in [0, 0.1) is 5.82 Å². The quantitative estimate of drug-likeness (QED) is 0.233. The first-order valence-electron chi connectivity index (χ1n) is 7.94. The number of nitrogens with one attached hydrogen (secondary N) is 1. The van der Waals surface area contributed by atoms with Crippen molar-refractivity contribution in [2.24, 2.45) is 5.73 Å². The Kier molecular flexibility index (Phi) is 7.27. The van der Waals surface area contributed by atoms with Crippen LogP contribution in [0.4, 0.5) is 4.39 Å². The first-order chi connectivity index (χ1) is 13.1. The summed E-state index contributed by atoms with van der Waals surface area (Å²) in [6.07, 6.45) is 0. The van der Waals surface area contributed by atoms with E-state index in [9.17, 15) is 23.9 Å². The van der Waals surface area contributed by atoms with Gasteiger partial charge >= 0.3 is 5.97 Å².